The standard InChI is InChI=1S/C13H19N3O/c1-10-7-15-8-11(2)16(10)13(17)6-12-4-3-5-14-9-12/h3-5,9-11,15H,6-8H2,1-2H3. The largest absolute Gasteiger partial charge is 0.334 e. The molecule has 0 aliphatic carbocycles. The minimum atomic E-state index is 0.194. The Hall–Kier alpha value is -1.42. The first-order chi connectivity index (χ1) is 8.18. The van der Waals surface area contributed by atoms with Crippen LogP contribution >= 0.6 is 0 Å². The van der Waals surface area contributed by atoms with E-state index in [1.165, 1.54) is 0 Å². The van der Waals surface area contributed by atoms with Crippen molar-refractivity contribution in [1.29, 1.82) is 0 Å². The zero-order valence-corrected chi connectivity index (χ0v) is 10.4. The quantitative estimate of drug-likeness (QED) is 0.823. The fraction of sp³-hybridized carbons (Fsp3) is 0.538. The number of nitrogens with one attached hydrogen (secondary N) is 1. The van der Waals surface area contributed by atoms with Gasteiger partial charge in [0.2, 0.25) is 5.91 Å². The lowest BCUT2D eigenvalue weighted by Crippen LogP contribution is -2.57. The molecule has 2 rings (SSSR count). The van der Waals surface area contributed by atoms with Gasteiger partial charge in [-0.15, -0.1) is 0 Å². The number of hydrogen-bond acceptors (Lipinski definition) is 3. The van der Waals surface area contributed by atoms with E-state index in [-0.39, 0.29) is 18.0 Å². The van der Waals surface area contributed by atoms with Crippen LogP contribution in [0.5, 0.6) is 0 Å². The fourth-order valence-corrected chi connectivity index (χ4v) is 2.39. The molecule has 1 fully saturated rings. The van der Waals surface area contributed by atoms with Crippen molar-refractivity contribution < 1.29 is 4.79 Å². The third-order valence-corrected chi connectivity index (χ3v) is 3.20. The van der Waals surface area contributed by atoms with Gasteiger partial charge in [0.25, 0.3) is 0 Å². The Morgan fingerprint density at radius 1 is 1.47 bits per heavy atom. The Balaban J connectivity index is 2.04. The Morgan fingerprint density at radius 2 is 2.18 bits per heavy atom. The molecule has 1 aromatic heterocycles. The molecule has 0 saturated carbocycles. The molecule has 4 nitrogen and oxygen atoms in total. The molecule has 0 radical (unpaired) electrons. The van der Waals surface area contributed by atoms with Crippen molar-refractivity contribution in [2.75, 3.05) is 13.1 Å². The summed E-state index contributed by atoms with van der Waals surface area (Å²) in [6, 6.07) is 4.35. The number of aromatic nitrogens is 1. The predicted molar refractivity (Wildman–Crippen MR) is 66.6 cm³/mol. The van der Waals surface area contributed by atoms with E-state index in [0.717, 1.165) is 18.7 Å². The molecule has 0 aromatic carbocycles. The van der Waals surface area contributed by atoms with Crippen LogP contribution in [-0.4, -0.2) is 41.0 Å². The average Bonchev–Trinajstić information content (AvgIpc) is 2.30. The molecule has 2 heterocycles. The summed E-state index contributed by atoms with van der Waals surface area (Å²) < 4.78 is 0. The van der Waals surface area contributed by atoms with Gasteiger partial charge < -0.3 is 10.2 Å². The molecule has 4 heteroatoms. The maximum atomic E-state index is 12.3. The number of carbonyl (C=O) groups excluding carboxylic acids is 1. The SMILES string of the molecule is CC1CNCC(C)N1C(=O)Cc1cccnc1. The van der Waals surface area contributed by atoms with Crippen molar-refractivity contribution in [3.63, 3.8) is 0 Å². The molecule has 2 atom stereocenters. The van der Waals surface area contributed by atoms with Crippen molar-refractivity contribution in [1.82, 2.24) is 15.2 Å². The fourth-order valence-electron chi connectivity index (χ4n) is 2.39. The van der Waals surface area contributed by atoms with Gasteiger partial charge in [-0.3, -0.25) is 9.78 Å². The lowest BCUT2D eigenvalue weighted by molar-refractivity contribution is -0.135. The van der Waals surface area contributed by atoms with Crippen LogP contribution < -0.4 is 5.32 Å². The summed E-state index contributed by atoms with van der Waals surface area (Å²) in [6.07, 6.45) is 3.93. The highest BCUT2D eigenvalue weighted by atomic mass is 16.2. The summed E-state index contributed by atoms with van der Waals surface area (Å²) in [7, 11) is 0. The van der Waals surface area contributed by atoms with Crippen molar-refractivity contribution in [2.45, 2.75) is 32.4 Å². The number of rotatable bonds is 2. The summed E-state index contributed by atoms with van der Waals surface area (Å²) in [5.74, 6) is 0.194. The molecule has 1 aliphatic heterocycles. The molecule has 2 unspecified atom stereocenters. The molecule has 17 heavy (non-hydrogen) atoms. The lowest BCUT2D eigenvalue weighted by Gasteiger charge is -2.39. The molecule has 92 valence electrons. The van der Waals surface area contributed by atoms with Gasteiger partial charge in [0.1, 0.15) is 0 Å². The Labute approximate surface area is 102 Å². The van der Waals surface area contributed by atoms with E-state index in [2.05, 4.69) is 24.1 Å². The van der Waals surface area contributed by atoms with Gasteiger partial charge in [-0.05, 0) is 25.5 Å². The van der Waals surface area contributed by atoms with Gasteiger partial charge in [0.05, 0.1) is 6.42 Å². The van der Waals surface area contributed by atoms with Gasteiger partial charge >= 0.3 is 0 Å². The van der Waals surface area contributed by atoms with E-state index in [1.54, 1.807) is 12.4 Å². The maximum Gasteiger partial charge on any atom is 0.227 e. The Morgan fingerprint density at radius 3 is 2.76 bits per heavy atom. The van der Waals surface area contributed by atoms with Crippen LogP contribution in [0, 0.1) is 0 Å². The van der Waals surface area contributed by atoms with Crippen LogP contribution in [0.25, 0.3) is 0 Å². The second-order valence-electron chi connectivity index (χ2n) is 4.70. The second-order valence-corrected chi connectivity index (χ2v) is 4.70. The predicted octanol–water partition coefficient (Wildman–Crippen LogP) is 0.833. The first-order valence-electron chi connectivity index (χ1n) is 6.09. The minimum Gasteiger partial charge on any atom is -0.334 e. The Kier molecular flexibility index (Phi) is 3.74. The smallest absolute Gasteiger partial charge is 0.227 e. The minimum absolute atomic E-state index is 0.194. The number of piperazine rings is 1. The number of nitrogens with zero attached hydrogens (tertiary/aromatic N) is 2. The maximum absolute atomic E-state index is 12.3. The van der Waals surface area contributed by atoms with Gasteiger partial charge in [-0.25, -0.2) is 0 Å². The molecule has 1 saturated heterocycles. The third-order valence-electron chi connectivity index (χ3n) is 3.20. The van der Waals surface area contributed by atoms with Crippen LogP contribution in [0.2, 0.25) is 0 Å². The highest BCUT2D eigenvalue weighted by Crippen LogP contribution is 2.12. The summed E-state index contributed by atoms with van der Waals surface area (Å²) in [4.78, 5) is 18.3. The van der Waals surface area contributed by atoms with Crippen molar-refractivity contribution in [2.24, 2.45) is 0 Å². The van der Waals surface area contributed by atoms with Crippen LogP contribution in [0.1, 0.15) is 19.4 Å². The molecule has 1 aliphatic rings. The normalized spacial score (nSPS) is 24.7. The van der Waals surface area contributed by atoms with Gasteiger partial charge in [0, 0.05) is 37.6 Å². The van der Waals surface area contributed by atoms with Crippen molar-refractivity contribution in [3.05, 3.63) is 30.1 Å². The van der Waals surface area contributed by atoms with Gasteiger partial charge in [0.15, 0.2) is 0 Å². The molecule has 1 aromatic rings. The first-order valence-corrected chi connectivity index (χ1v) is 6.09. The van der Waals surface area contributed by atoms with Crippen molar-refractivity contribution >= 4 is 5.91 Å². The highest BCUT2D eigenvalue weighted by Gasteiger charge is 2.28. The topological polar surface area (TPSA) is 45.2 Å². The van der Waals surface area contributed by atoms with E-state index in [1.807, 2.05) is 17.0 Å². The number of pyridine rings is 1. The zero-order valence-electron chi connectivity index (χ0n) is 10.4. The van der Waals surface area contributed by atoms with E-state index in [4.69, 9.17) is 0 Å². The van der Waals surface area contributed by atoms with E-state index < -0.39 is 0 Å². The van der Waals surface area contributed by atoms with E-state index >= 15 is 0 Å². The summed E-state index contributed by atoms with van der Waals surface area (Å²) in [5, 5.41) is 3.33. The van der Waals surface area contributed by atoms with E-state index in [9.17, 15) is 4.79 Å². The molecule has 1 amide bonds. The first kappa shape index (κ1) is 12.0. The molecule has 0 spiro atoms. The molecular formula is C13H19N3O. The van der Waals surface area contributed by atoms with Crippen LogP contribution in [0.4, 0.5) is 0 Å². The van der Waals surface area contributed by atoms with E-state index in [0.29, 0.717) is 6.42 Å². The van der Waals surface area contributed by atoms with Gasteiger partial charge in [-0.2, -0.15) is 0 Å². The van der Waals surface area contributed by atoms with Crippen LogP contribution in [0.3, 0.4) is 0 Å². The number of amides is 1. The molecule has 1 N–H and O–H groups in total. The Bertz CT molecular complexity index is 370. The average molecular weight is 233 g/mol. The molecular weight excluding hydrogens is 214 g/mol. The zero-order chi connectivity index (χ0) is 12.3. The second kappa shape index (κ2) is 5.27. The van der Waals surface area contributed by atoms with Crippen molar-refractivity contribution in [3.8, 4) is 0 Å². The molecule has 0 bridgehead atoms. The van der Waals surface area contributed by atoms with Gasteiger partial charge in [-0.1, -0.05) is 6.07 Å². The number of carbonyl (C=O) groups is 1. The summed E-state index contributed by atoms with van der Waals surface area (Å²) in [6.45, 7) is 5.93. The lowest BCUT2D eigenvalue weighted by atomic mass is 10.1. The summed E-state index contributed by atoms with van der Waals surface area (Å²) in [5.41, 5.74) is 0.982. The highest BCUT2D eigenvalue weighted by molar-refractivity contribution is 5.79. The van der Waals surface area contributed by atoms with Crippen LogP contribution in [-0.2, 0) is 11.2 Å². The summed E-state index contributed by atoms with van der Waals surface area (Å²) >= 11 is 0. The monoisotopic (exact) mass is 233 g/mol. The van der Waals surface area contributed by atoms with Crippen LogP contribution in [0.15, 0.2) is 24.5 Å². The third kappa shape index (κ3) is 2.82. The number of hydrogen-bond donors (Lipinski definition) is 1.